The monoisotopic (exact) mass is 282 g/mol. The average Bonchev–Trinajstić information content (AvgIpc) is 2.72. The maximum absolute atomic E-state index is 13.1. The van der Waals surface area contributed by atoms with Gasteiger partial charge in [-0.05, 0) is 56.6 Å². The van der Waals surface area contributed by atoms with Gasteiger partial charge in [-0.2, -0.15) is 0 Å². The Balaban J connectivity index is 1.68. The topological polar surface area (TPSA) is 6.48 Å². The second-order valence-electron chi connectivity index (χ2n) is 5.66. The van der Waals surface area contributed by atoms with Crippen molar-refractivity contribution in [3.05, 3.63) is 34.6 Å². The molecule has 2 nitrogen and oxygen atoms in total. The van der Waals surface area contributed by atoms with Gasteiger partial charge in [-0.1, -0.05) is 17.7 Å². The predicted molar refractivity (Wildman–Crippen MR) is 75.9 cm³/mol. The van der Waals surface area contributed by atoms with Crippen molar-refractivity contribution in [1.82, 2.24) is 9.80 Å². The predicted octanol–water partition coefficient (Wildman–Crippen LogP) is 3.15. The van der Waals surface area contributed by atoms with E-state index in [1.807, 2.05) is 6.07 Å². The summed E-state index contributed by atoms with van der Waals surface area (Å²) >= 11 is 6.12. The van der Waals surface area contributed by atoms with E-state index in [1.165, 1.54) is 44.5 Å². The fraction of sp³-hybridized carbons (Fsp3) is 0.600. The van der Waals surface area contributed by atoms with E-state index in [1.54, 1.807) is 0 Å². The van der Waals surface area contributed by atoms with Gasteiger partial charge < -0.3 is 0 Å². The van der Waals surface area contributed by atoms with Crippen molar-refractivity contribution < 1.29 is 4.39 Å². The molecule has 4 heteroatoms. The summed E-state index contributed by atoms with van der Waals surface area (Å²) in [4.78, 5) is 5.08. The van der Waals surface area contributed by atoms with Crippen molar-refractivity contribution in [3.8, 4) is 0 Å². The van der Waals surface area contributed by atoms with Crippen LogP contribution in [-0.4, -0.2) is 42.0 Å². The van der Waals surface area contributed by atoms with Crippen LogP contribution >= 0.6 is 11.6 Å². The fourth-order valence-corrected chi connectivity index (χ4v) is 3.54. The van der Waals surface area contributed by atoms with Crippen molar-refractivity contribution in [2.45, 2.75) is 31.8 Å². The molecule has 1 aromatic carbocycles. The van der Waals surface area contributed by atoms with E-state index in [0.717, 1.165) is 25.2 Å². The Labute approximate surface area is 119 Å². The smallest absolute Gasteiger partial charge is 0.124 e. The maximum atomic E-state index is 13.1. The van der Waals surface area contributed by atoms with Crippen LogP contribution in [0.3, 0.4) is 0 Å². The first-order chi connectivity index (χ1) is 9.22. The Kier molecular flexibility index (Phi) is 4.06. The van der Waals surface area contributed by atoms with Crippen LogP contribution < -0.4 is 0 Å². The lowest BCUT2D eigenvalue weighted by Crippen LogP contribution is -2.36. The highest BCUT2D eigenvalue weighted by Crippen LogP contribution is 2.24. The van der Waals surface area contributed by atoms with E-state index in [4.69, 9.17) is 11.6 Å². The number of rotatable bonds is 2. The van der Waals surface area contributed by atoms with Crippen molar-refractivity contribution in [2.24, 2.45) is 0 Å². The molecule has 0 amide bonds. The summed E-state index contributed by atoms with van der Waals surface area (Å²) in [5.41, 5.74) is 1.04. The molecule has 0 aromatic heterocycles. The van der Waals surface area contributed by atoms with Crippen LogP contribution in [0.1, 0.15) is 24.8 Å². The summed E-state index contributed by atoms with van der Waals surface area (Å²) in [6.45, 7) is 5.55. The Morgan fingerprint density at radius 3 is 2.89 bits per heavy atom. The lowest BCUT2D eigenvalue weighted by atomic mass is 10.1. The van der Waals surface area contributed by atoms with Gasteiger partial charge in [-0.15, -0.1) is 0 Å². The van der Waals surface area contributed by atoms with E-state index in [-0.39, 0.29) is 5.82 Å². The minimum Gasteiger partial charge on any atom is -0.299 e. The molecule has 1 atom stereocenters. The zero-order valence-corrected chi connectivity index (χ0v) is 11.9. The second kappa shape index (κ2) is 5.78. The summed E-state index contributed by atoms with van der Waals surface area (Å²) in [6, 6.07) is 5.44. The molecule has 0 aliphatic carbocycles. The Bertz CT molecular complexity index is 452. The molecule has 2 aliphatic heterocycles. The first-order valence-electron chi connectivity index (χ1n) is 7.13. The average molecular weight is 283 g/mol. The van der Waals surface area contributed by atoms with Crippen LogP contribution in [0.4, 0.5) is 4.39 Å². The molecule has 0 N–H and O–H groups in total. The second-order valence-corrected chi connectivity index (χ2v) is 6.06. The number of hydrogen-bond donors (Lipinski definition) is 0. The Morgan fingerprint density at radius 1 is 1.21 bits per heavy atom. The zero-order valence-electron chi connectivity index (χ0n) is 11.1. The largest absolute Gasteiger partial charge is 0.299 e. The Morgan fingerprint density at radius 2 is 2.05 bits per heavy atom. The third-order valence-electron chi connectivity index (χ3n) is 4.30. The van der Waals surface area contributed by atoms with Crippen LogP contribution in [0, 0.1) is 5.82 Å². The quantitative estimate of drug-likeness (QED) is 0.822. The highest BCUT2D eigenvalue weighted by Gasteiger charge is 2.28. The SMILES string of the molecule is Fc1ccc(CN2CCCN3CCCC3C2)c(Cl)c1. The molecule has 0 radical (unpaired) electrons. The van der Waals surface area contributed by atoms with Crippen molar-refractivity contribution in [3.63, 3.8) is 0 Å². The van der Waals surface area contributed by atoms with Gasteiger partial charge in [0.25, 0.3) is 0 Å². The molecule has 2 heterocycles. The summed E-state index contributed by atoms with van der Waals surface area (Å²) in [5, 5.41) is 0.549. The van der Waals surface area contributed by atoms with Gasteiger partial charge in [0, 0.05) is 24.2 Å². The van der Waals surface area contributed by atoms with E-state index in [9.17, 15) is 4.39 Å². The van der Waals surface area contributed by atoms with E-state index in [0.29, 0.717) is 11.1 Å². The fourth-order valence-electron chi connectivity index (χ4n) is 3.32. The van der Waals surface area contributed by atoms with Crippen LogP contribution in [0.25, 0.3) is 0 Å². The van der Waals surface area contributed by atoms with Gasteiger partial charge in [0.1, 0.15) is 5.82 Å². The molecule has 2 fully saturated rings. The van der Waals surface area contributed by atoms with Crippen molar-refractivity contribution in [1.29, 1.82) is 0 Å². The summed E-state index contributed by atoms with van der Waals surface area (Å²) < 4.78 is 13.1. The number of nitrogens with zero attached hydrogens (tertiary/aromatic N) is 2. The number of benzene rings is 1. The highest BCUT2D eigenvalue weighted by atomic mass is 35.5. The van der Waals surface area contributed by atoms with Crippen LogP contribution in [0.5, 0.6) is 0 Å². The van der Waals surface area contributed by atoms with Gasteiger partial charge in [-0.3, -0.25) is 9.80 Å². The third-order valence-corrected chi connectivity index (χ3v) is 4.65. The molecule has 19 heavy (non-hydrogen) atoms. The first-order valence-corrected chi connectivity index (χ1v) is 7.50. The van der Waals surface area contributed by atoms with Crippen LogP contribution in [0.15, 0.2) is 18.2 Å². The molecule has 0 spiro atoms. The summed E-state index contributed by atoms with van der Waals surface area (Å²) in [7, 11) is 0. The third kappa shape index (κ3) is 3.10. The van der Waals surface area contributed by atoms with Crippen molar-refractivity contribution in [2.75, 3.05) is 26.2 Å². The summed E-state index contributed by atoms with van der Waals surface area (Å²) in [5.74, 6) is -0.258. The number of hydrogen-bond acceptors (Lipinski definition) is 2. The maximum Gasteiger partial charge on any atom is 0.124 e. The van der Waals surface area contributed by atoms with Gasteiger partial charge in [0.05, 0.1) is 0 Å². The molecular weight excluding hydrogens is 263 g/mol. The standard InChI is InChI=1S/C15H20ClFN2/c16-15-9-13(17)5-4-12(15)10-18-6-2-8-19-7-1-3-14(19)11-18/h4-5,9,14H,1-3,6-8,10-11H2. The molecule has 104 valence electrons. The highest BCUT2D eigenvalue weighted by molar-refractivity contribution is 6.31. The van der Waals surface area contributed by atoms with Gasteiger partial charge in [-0.25, -0.2) is 4.39 Å². The van der Waals surface area contributed by atoms with Crippen LogP contribution in [-0.2, 0) is 6.54 Å². The van der Waals surface area contributed by atoms with Gasteiger partial charge >= 0.3 is 0 Å². The van der Waals surface area contributed by atoms with E-state index < -0.39 is 0 Å². The Hall–Kier alpha value is -0.640. The molecule has 0 bridgehead atoms. The zero-order chi connectivity index (χ0) is 13.2. The minimum absolute atomic E-state index is 0.258. The molecule has 2 saturated heterocycles. The van der Waals surface area contributed by atoms with Crippen molar-refractivity contribution >= 4 is 11.6 Å². The normalized spacial score (nSPS) is 25.3. The molecule has 2 aliphatic rings. The van der Waals surface area contributed by atoms with Gasteiger partial charge in [0.15, 0.2) is 0 Å². The molecular formula is C15H20ClFN2. The van der Waals surface area contributed by atoms with Gasteiger partial charge in [0.2, 0.25) is 0 Å². The molecule has 1 unspecified atom stereocenters. The minimum atomic E-state index is -0.258. The summed E-state index contributed by atoms with van der Waals surface area (Å²) in [6.07, 6.45) is 3.86. The van der Waals surface area contributed by atoms with Crippen LogP contribution in [0.2, 0.25) is 5.02 Å². The van der Waals surface area contributed by atoms with E-state index >= 15 is 0 Å². The lowest BCUT2D eigenvalue weighted by molar-refractivity contribution is 0.215. The molecule has 1 aromatic rings. The first kappa shape index (κ1) is 13.3. The number of halogens is 2. The molecule has 3 rings (SSSR count). The lowest BCUT2D eigenvalue weighted by Gasteiger charge is -2.25. The molecule has 0 saturated carbocycles. The number of fused-ring (bicyclic) bond motifs is 1. The van der Waals surface area contributed by atoms with E-state index in [2.05, 4.69) is 9.80 Å².